The lowest BCUT2D eigenvalue weighted by Gasteiger charge is -2.08. The van der Waals surface area contributed by atoms with Crippen LogP contribution in [-0.4, -0.2) is 26.4 Å². The zero-order valence-electron chi connectivity index (χ0n) is 10.7. The Bertz CT molecular complexity index is 70.2. The molecule has 0 aromatic heterocycles. The van der Waals surface area contributed by atoms with E-state index in [-0.39, 0.29) is 12.3 Å². The lowest BCUT2D eigenvalue weighted by molar-refractivity contribution is 0.0967. The zero-order valence-corrected chi connectivity index (χ0v) is 10.7. The molecule has 100 valence electrons. The maximum atomic E-state index is 5.07. The molecule has 0 amide bonds. The van der Waals surface area contributed by atoms with Crippen molar-refractivity contribution in [1.82, 2.24) is 12.3 Å². The van der Waals surface area contributed by atoms with Crippen molar-refractivity contribution >= 4 is 0 Å². The van der Waals surface area contributed by atoms with E-state index < -0.39 is 0 Å². The van der Waals surface area contributed by atoms with Crippen LogP contribution in [0.15, 0.2) is 13.2 Å². The molecule has 2 rings (SSSR count). The fraction of sp³-hybridized carbons (Fsp3) is 0.833. The molecule has 6 N–H and O–H groups in total. The average molecular weight is 234 g/mol. The summed E-state index contributed by atoms with van der Waals surface area (Å²) in [6.45, 7) is 10.0. The standard InChI is InChI=1S/2C5H10O.C2H4.2H3N/c2*1-2-4-6-5-3-1;1-2;;/h2*1-5H2;1-2H2;2*1H3. The normalized spacial score (nSPS) is 18.2. The van der Waals surface area contributed by atoms with Crippen LogP contribution in [0.2, 0.25) is 0 Å². The van der Waals surface area contributed by atoms with Gasteiger partial charge in [-0.15, -0.1) is 13.2 Å². The SMILES string of the molecule is C1CCOCC1.C1CCOCC1.C=C.N.N. The Labute approximate surface area is 101 Å². The Hall–Kier alpha value is -0.420. The Morgan fingerprint density at radius 1 is 0.500 bits per heavy atom. The molecule has 2 saturated heterocycles. The molecule has 0 spiro atoms. The summed E-state index contributed by atoms with van der Waals surface area (Å²) in [6, 6.07) is 0. The van der Waals surface area contributed by atoms with Gasteiger partial charge in [0.25, 0.3) is 0 Å². The number of rotatable bonds is 0. The van der Waals surface area contributed by atoms with E-state index in [0.29, 0.717) is 0 Å². The van der Waals surface area contributed by atoms with Gasteiger partial charge >= 0.3 is 0 Å². The summed E-state index contributed by atoms with van der Waals surface area (Å²) in [7, 11) is 0. The second kappa shape index (κ2) is 20.1. The van der Waals surface area contributed by atoms with E-state index in [1.807, 2.05) is 0 Å². The van der Waals surface area contributed by atoms with Crippen molar-refractivity contribution in [3.63, 3.8) is 0 Å². The summed E-state index contributed by atoms with van der Waals surface area (Å²) in [4.78, 5) is 0. The first kappa shape index (κ1) is 20.9. The molecule has 0 saturated carbocycles. The molecule has 0 atom stereocenters. The average Bonchev–Trinajstić information content (AvgIpc) is 2.37. The quantitative estimate of drug-likeness (QED) is 0.628. The van der Waals surface area contributed by atoms with Gasteiger partial charge in [0, 0.05) is 26.4 Å². The van der Waals surface area contributed by atoms with Crippen LogP contribution in [0.4, 0.5) is 0 Å². The van der Waals surface area contributed by atoms with Crippen LogP contribution >= 0.6 is 0 Å². The van der Waals surface area contributed by atoms with Gasteiger partial charge in [0.1, 0.15) is 0 Å². The highest BCUT2D eigenvalue weighted by Gasteiger charge is 1.95. The van der Waals surface area contributed by atoms with Crippen LogP contribution in [0.5, 0.6) is 0 Å². The summed E-state index contributed by atoms with van der Waals surface area (Å²) in [5, 5.41) is 0. The highest BCUT2D eigenvalue weighted by molar-refractivity contribution is 4.45. The van der Waals surface area contributed by atoms with Crippen molar-refractivity contribution in [3.05, 3.63) is 13.2 Å². The van der Waals surface area contributed by atoms with Crippen LogP contribution in [-0.2, 0) is 9.47 Å². The molecule has 2 heterocycles. The van der Waals surface area contributed by atoms with Crippen LogP contribution < -0.4 is 12.3 Å². The molecule has 2 fully saturated rings. The summed E-state index contributed by atoms with van der Waals surface area (Å²) in [6.07, 6.45) is 7.86. The van der Waals surface area contributed by atoms with E-state index in [2.05, 4.69) is 13.2 Å². The maximum absolute atomic E-state index is 5.07. The van der Waals surface area contributed by atoms with Crippen molar-refractivity contribution in [2.75, 3.05) is 26.4 Å². The van der Waals surface area contributed by atoms with Crippen LogP contribution in [0.1, 0.15) is 38.5 Å². The van der Waals surface area contributed by atoms with E-state index in [1.54, 1.807) is 0 Å². The first-order chi connectivity index (χ1) is 7.00. The van der Waals surface area contributed by atoms with E-state index >= 15 is 0 Å². The molecule has 0 aromatic rings. The maximum Gasteiger partial charge on any atom is 0.0466 e. The largest absolute Gasteiger partial charge is 0.381 e. The Morgan fingerprint density at radius 3 is 0.812 bits per heavy atom. The molecule has 4 heteroatoms. The third-order valence-corrected chi connectivity index (χ3v) is 2.15. The van der Waals surface area contributed by atoms with Gasteiger partial charge in [-0.1, -0.05) is 0 Å². The van der Waals surface area contributed by atoms with Crippen molar-refractivity contribution in [1.29, 1.82) is 0 Å². The third kappa shape index (κ3) is 16.0. The highest BCUT2D eigenvalue weighted by Crippen LogP contribution is 2.02. The molecule has 0 bridgehead atoms. The monoisotopic (exact) mass is 234 g/mol. The molecular formula is C12H30N2O2. The zero-order chi connectivity index (χ0) is 10.5. The minimum atomic E-state index is 0. The predicted octanol–water partition coefficient (Wildman–Crippen LogP) is 3.50. The second-order valence-corrected chi connectivity index (χ2v) is 3.35. The molecule has 0 aliphatic carbocycles. The van der Waals surface area contributed by atoms with Gasteiger partial charge in [-0.2, -0.15) is 0 Å². The number of hydrogen-bond acceptors (Lipinski definition) is 4. The van der Waals surface area contributed by atoms with E-state index in [9.17, 15) is 0 Å². The van der Waals surface area contributed by atoms with Gasteiger partial charge in [-0.25, -0.2) is 0 Å². The molecule has 2 aliphatic rings. The molecule has 4 nitrogen and oxygen atoms in total. The lowest BCUT2D eigenvalue weighted by atomic mass is 10.2. The van der Waals surface area contributed by atoms with E-state index in [4.69, 9.17) is 9.47 Å². The number of hydrogen-bond donors (Lipinski definition) is 2. The van der Waals surface area contributed by atoms with Gasteiger partial charge in [-0.05, 0) is 38.5 Å². The van der Waals surface area contributed by atoms with E-state index in [1.165, 1.54) is 38.5 Å². The van der Waals surface area contributed by atoms with Crippen LogP contribution in [0.3, 0.4) is 0 Å². The topological polar surface area (TPSA) is 88.5 Å². The molecular weight excluding hydrogens is 204 g/mol. The molecule has 0 unspecified atom stereocenters. The van der Waals surface area contributed by atoms with Gasteiger partial charge in [0.05, 0.1) is 0 Å². The summed E-state index contributed by atoms with van der Waals surface area (Å²) < 4.78 is 10.1. The molecule has 0 radical (unpaired) electrons. The fourth-order valence-electron chi connectivity index (χ4n) is 1.37. The number of ether oxygens (including phenoxy) is 2. The Balaban J connectivity index is -0.000000165. The summed E-state index contributed by atoms with van der Waals surface area (Å²) in [5.41, 5.74) is 0. The molecule has 16 heavy (non-hydrogen) atoms. The second-order valence-electron chi connectivity index (χ2n) is 3.35. The van der Waals surface area contributed by atoms with Gasteiger partial charge in [-0.3, -0.25) is 0 Å². The highest BCUT2D eigenvalue weighted by atomic mass is 16.5. The summed E-state index contributed by atoms with van der Waals surface area (Å²) in [5.74, 6) is 0. The van der Waals surface area contributed by atoms with Gasteiger partial charge in [0.15, 0.2) is 0 Å². The smallest absolute Gasteiger partial charge is 0.0466 e. The lowest BCUT2D eigenvalue weighted by Crippen LogP contribution is -2.03. The fourth-order valence-corrected chi connectivity index (χ4v) is 1.37. The van der Waals surface area contributed by atoms with Crippen molar-refractivity contribution < 1.29 is 9.47 Å². The first-order valence-corrected chi connectivity index (χ1v) is 5.65. The van der Waals surface area contributed by atoms with Gasteiger partial charge in [0.2, 0.25) is 0 Å². The Morgan fingerprint density at radius 2 is 0.750 bits per heavy atom. The van der Waals surface area contributed by atoms with Crippen molar-refractivity contribution in [2.24, 2.45) is 0 Å². The van der Waals surface area contributed by atoms with Crippen molar-refractivity contribution in [3.8, 4) is 0 Å². The summed E-state index contributed by atoms with van der Waals surface area (Å²) >= 11 is 0. The Kier molecular flexibility index (Phi) is 26.2. The third-order valence-electron chi connectivity index (χ3n) is 2.15. The van der Waals surface area contributed by atoms with Crippen LogP contribution in [0.25, 0.3) is 0 Å². The molecule has 0 aromatic carbocycles. The first-order valence-electron chi connectivity index (χ1n) is 5.65. The molecule has 2 aliphatic heterocycles. The van der Waals surface area contributed by atoms with Crippen molar-refractivity contribution in [2.45, 2.75) is 38.5 Å². The minimum Gasteiger partial charge on any atom is -0.381 e. The van der Waals surface area contributed by atoms with E-state index in [0.717, 1.165) is 26.4 Å². The minimum absolute atomic E-state index is 0. The predicted molar refractivity (Wildman–Crippen MR) is 70.6 cm³/mol. The van der Waals surface area contributed by atoms with Gasteiger partial charge < -0.3 is 21.8 Å². The van der Waals surface area contributed by atoms with Crippen LogP contribution in [0, 0.1) is 0 Å².